The van der Waals surface area contributed by atoms with Crippen molar-refractivity contribution < 1.29 is 0 Å². The van der Waals surface area contributed by atoms with Crippen molar-refractivity contribution in [1.29, 1.82) is 0 Å². The molecular weight excluding hydrogens is 214 g/mol. The number of rotatable bonds is 3. The largest absolute Gasteiger partial charge is 0.330 e. The van der Waals surface area contributed by atoms with E-state index in [1.54, 1.807) is 12.4 Å². The number of hydrogen-bond acceptors (Lipinski definition) is 4. The van der Waals surface area contributed by atoms with Crippen LogP contribution in [0.15, 0.2) is 12.4 Å². The summed E-state index contributed by atoms with van der Waals surface area (Å²) in [5.41, 5.74) is 6.36. The van der Waals surface area contributed by atoms with Crippen LogP contribution in [0.5, 0.6) is 0 Å². The van der Waals surface area contributed by atoms with Crippen LogP contribution >= 0.6 is 11.6 Å². The van der Waals surface area contributed by atoms with Gasteiger partial charge in [-0.3, -0.25) is 0 Å². The van der Waals surface area contributed by atoms with Crippen molar-refractivity contribution in [3.05, 3.63) is 23.2 Å². The molecule has 1 atom stereocenters. The molecule has 0 bridgehead atoms. The second kappa shape index (κ2) is 4.12. The molecule has 0 aliphatic carbocycles. The lowest BCUT2D eigenvalue weighted by atomic mass is 10.1. The number of halogens is 1. The molecule has 0 saturated heterocycles. The first kappa shape index (κ1) is 10.3. The average molecular weight is 226 g/mol. The molecule has 2 N–H and O–H groups in total. The van der Waals surface area contributed by atoms with E-state index in [0.717, 1.165) is 12.1 Å². The molecule has 0 aromatic carbocycles. The van der Waals surface area contributed by atoms with Crippen LogP contribution in [0.1, 0.15) is 12.6 Å². The highest BCUT2D eigenvalue weighted by atomic mass is 35.5. The third-order valence-electron chi connectivity index (χ3n) is 2.23. The monoisotopic (exact) mass is 225 g/mol. The van der Waals surface area contributed by atoms with Crippen molar-refractivity contribution >= 4 is 17.4 Å². The molecule has 2 heterocycles. The van der Waals surface area contributed by atoms with Gasteiger partial charge in [-0.1, -0.05) is 18.5 Å². The Morgan fingerprint density at radius 3 is 3.00 bits per heavy atom. The Hall–Kier alpha value is -1.20. The summed E-state index contributed by atoms with van der Waals surface area (Å²) in [6, 6.07) is 0. The molecule has 0 saturated carbocycles. The fraction of sp³-hybridized carbons (Fsp3) is 0.444. The summed E-state index contributed by atoms with van der Waals surface area (Å²) in [7, 11) is 0. The van der Waals surface area contributed by atoms with E-state index in [4.69, 9.17) is 17.3 Å². The highest BCUT2D eigenvalue weighted by Gasteiger charge is 2.13. The van der Waals surface area contributed by atoms with Crippen molar-refractivity contribution in [2.45, 2.75) is 13.3 Å². The molecular formula is C9H12ClN5. The van der Waals surface area contributed by atoms with Crippen molar-refractivity contribution in [3.8, 4) is 0 Å². The normalized spacial score (nSPS) is 13.3. The number of imidazole rings is 1. The van der Waals surface area contributed by atoms with E-state index in [1.165, 1.54) is 4.52 Å². The van der Waals surface area contributed by atoms with Crippen LogP contribution in [0, 0.1) is 5.92 Å². The Balaban J connectivity index is 2.40. The first-order valence-electron chi connectivity index (χ1n) is 4.76. The molecule has 0 aliphatic rings. The zero-order valence-electron chi connectivity index (χ0n) is 8.39. The zero-order chi connectivity index (χ0) is 10.8. The van der Waals surface area contributed by atoms with Gasteiger partial charge in [0.05, 0.1) is 18.1 Å². The fourth-order valence-corrected chi connectivity index (χ4v) is 1.59. The molecule has 0 radical (unpaired) electrons. The maximum Gasteiger partial charge on any atom is 0.252 e. The van der Waals surface area contributed by atoms with Gasteiger partial charge in [-0.05, 0) is 18.9 Å². The van der Waals surface area contributed by atoms with Crippen LogP contribution in [-0.2, 0) is 6.42 Å². The topological polar surface area (TPSA) is 69.1 Å². The molecule has 80 valence electrons. The Morgan fingerprint density at radius 2 is 2.33 bits per heavy atom. The summed E-state index contributed by atoms with van der Waals surface area (Å²) in [5.74, 6) is 0.883. The van der Waals surface area contributed by atoms with Gasteiger partial charge in [-0.25, -0.2) is 9.97 Å². The van der Waals surface area contributed by atoms with E-state index < -0.39 is 0 Å². The van der Waals surface area contributed by atoms with Crippen molar-refractivity contribution in [3.63, 3.8) is 0 Å². The maximum absolute atomic E-state index is 6.12. The Kier molecular flexibility index (Phi) is 2.83. The molecule has 0 aliphatic heterocycles. The summed E-state index contributed by atoms with van der Waals surface area (Å²) in [4.78, 5) is 8.37. The minimum Gasteiger partial charge on any atom is -0.330 e. The molecule has 15 heavy (non-hydrogen) atoms. The Bertz CT molecular complexity index is 466. The predicted molar refractivity (Wildman–Crippen MR) is 57.7 cm³/mol. The fourth-order valence-electron chi connectivity index (χ4n) is 1.35. The average Bonchev–Trinajstić information content (AvgIpc) is 2.57. The van der Waals surface area contributed by atoms with E-state index in [9.17, 15) is 0 Å². The minimum absolute atomic E-state index is 0.354. The van der Waals surface area contributed by atoms with E-state index in [2.05, 4.69) is 22.0 Å². The summed E-state index contributed by atoms with van der Waals surface area (Å²) < 4.78 is 1.53. The first-order valence-corrected chi connectivity index (χ1v) is 5.14. The van der Waals surface area contributed by atoms with Crippen LogP contribution in [0.3, 0.4) is 0 Å². The van der Waals surface area contributed by atoms with Gasteiger partial charge in [0.2, 0.25) is 0 Å². The summed E-state index contributed by atoms with van der Waals surface area (Å²) in [6.45, 7) is 2.67. The molecule has 1 unspecified atom stereocenters. The Labute approximate surface area is 92.3 Å². The minimum atomic E-state index is 0.354. The third kappa shape index (κ3) is 1.93. The van der Waals surface area contributed by atoms with Gasteiger partial charge in [-0.15, -0.1) is 0 Å². The zero-order valence-corrected chi connectivity index (χ0v) is 9.15. The SMILES string of the molecule is CC(CN)Cc1nc2nccnn2c1Cl. The predicted octanol–water partition coefficient (Wildman–Crippen LogP) is 0.915. The second-order valence-corrected chi connectivity index (χ2v) is 3.91. The van der Waals surface area contributed by atoms with E-state index >= 15 is 0 Å². The molecule has 0 spiro atoms. The molecule has 2 aromatic rings. The highest BCUT2D eigenvalue weighted by Crippen LogP contribution is 2.18. The first-order chi connectivity index (χ1) is 7.22. The van der Waals surface area contributed by atoms with Crippen LogP contribution < -0.4 is 5.73 Å². The quantitative estimate of drug-likeness (QED) is 0.843. The van der Waals surface area contributed by atoms with Gasteiger partial charge in [-0.2, -0.15) is 9.61 Å². The second-order valence-electron chi connectivity index (χ2n) is 3.55. The molecule has 2 aromatic heterocycles. The van der Waals surface area contributed by atoms with Crippen LogP contribution in [0.2, 0.25) is 5.15 Å². The highest BCUT2D eigenvalue weighted by molar-refractivity contribution is 6.30. The number of aromatic nitrogens is 4. The van der Waals surface area contributed by atoms with Crippen molar-refractivity contribution in [1.82, 2.24) is 19.6 Å². The van der Waals surface area contributed by atoms with Gasteiger partial charge in [0.25, 0.3) is 5.78 Å². The van der Waals surface area contributed by atoms with Crippen molar-refractivity contribution in [2.75, 3.05) is 6.54 Å². The van der Waals surface area contributed by atoms with Crippen LogP contribution in [-0.4, -0.2) is 26.1 Å². The summed E-state index contributed by atoms with van der Waals surface area (Å²) in [5, 5.41) is 4.59. The standard InChI is InChI=1S/C9H12ClN5/c1-6(5-11)4-7-8(10)15-9(14-7)12-2-3-13-15/h2-3,6H,4-5,11H2,1H3. The molecule has 5 nitrogen and oxygen atoms in total. The smallest absolute Gasteiger partial charge is 0.252 e. The number of hydrogen-bond donors (Lipinski definition) is 1. The van der Waals surface area contributed by atoms with Gasteiger partial charge in [0.15, 0.2) is 5.15 Å². The van der Waals surface area contributed by atoms with E-state index in [1.807, 2.05) is 0 Å². The van der Waals surface area contributed by atoms with Gasteiger partial charge in [0, 0.05) is 0 Å². The van der Waals surface area contributed by atoms with E-state index in [0.29, 0.717) is 23.4 Å². The van der Waals surface area contributed by atoms with Gasteiger partial charge >= 0.3 is 0 Å². The summed E-state index contributed by atoms with van der Waals surface area (Å²) >= 11 is 6.12. The van der Waals surface area contributed by atoms with Crippen molar-refractivity contribution in [2.24, 2.45) is 11.7 Å². The third-order valence-corrected chi connectivity index (χ3v) is 2.61. The van der Waals surface area contributed by atoms with Gasteiger partial charge in [0.1, 0.15) is 0 Å². The number of nitrogens with zero attached hydrogens (tertiary/aromatic N) is 4. The summed E-state index contributed by atoms with van der Waals surface area (Å²) in [6.07, 6.45) is 3.92. The molecule has 6 heteroatoms. The Morgan fingerprint density at radius 1 is 1.53 bits per heavy atom. The molecule has 2 rings (SSSR count). The number of nitrogens with two attached hydrogens (primary N) is 1. The lowest BCUT2D eigenvalue weighted by Gasteiger charge is -2.04. The lowest BCUT2D eigenvalue weighted by molar-refractivity contribution is 0.586. The van der Waals surface area contributed by atoms with Crippen LogP contribution in [0.4, 0.5) is 0 Å². The maximum atomic E-state index is 6.12. The van der Waals surface area contributed by atoms with Crippen LogP contribution in [0.25, 0.3) is 5.78 Å². The lowest BCUT2D eigenvalue weighted by Crippen LogP contribution is -2.13. The molecule has 0 amide bonds. The van der Waals surface area contributed by atoms with Gasteiger partial charge < -0.3 is 5.73 Å². The van der Waals surface area contributed by atoms with E-state index in [-0.39, 0.29) is 0 Å². The number of fused-ring (bicyclic) bond motifs is 1. The molecule has 0 fully saturated rings.